The van der Waals surface area contributed by atoms with Crippen LogP contribution < -0.4 is 10.6 Å². The van der Waals surface area contributed by atoms with E-state index in [0.717, 1.165) is 43.9 Å². The van der Waals surface area contributed by atoms with E-state index in [4.69, 9.17) is 0 Å². The number of carbonyl (C=O) groups excluding carboxylic acids is 1. The average Bonchev–Trinajstić information content (AvgIpc) is 3.34. The molecule has 3 aromatic rings. The number of amides is 1. The van der Waals surface area contributed by atoms with E-state index in [9.17, 15) is 4.79 Å². The zero-order valence-electron chi connectivity index (χ0n) is 17.6. The van der Waals surface area contributed by atoms with E-state index in [0.29, 0.717) is 18.1 Å². The molecule has 2 N–H and O–H groups in total. The molecule has 0 saturated carbocycles. The first-order chi connectivity index (χ1) is 15.3. The molecule has 0 bridgehead atoms. The highest BCUT2D eigenvalue weighted by molar-refractivity contribution is 5.95. The first-order valence-electron chi connectivity index (χ1n) is 10.8. The second-order valence-corrected chi connectivity index (χ2v) is 7.68. The lowest BCUT2D eigenvalue weighted by Crippen LogP contribution is -2.33. The van der Waals surface area contributed by atoms with E-state index in [2.05, 4.69) is 30.5 Å². The molecular weight excluding hydrogens is 388 g/mol. The van der Waals surface area contributed by atoms with Crippen LogP contribution in [-0.4, -0.2) is 58.5 Å². The van der Waals surface area contributed by atoms with Crippen molar-refractivity contribution in [2.24, 2.45) is 0 Å². The van der Waals surface area contributed by atoms with E-state index >= 15 is 0 Å². The summed E-state index contributed by atoms with van der Waals surface area (Å²) < 4.78 is 0. The van der Waals surface area contributed by atoms with Gasteiger partial charge < -0.3 is 15.5 Å². The second-order valence-electron chi connectivity index (χ2n) is 7.68. The first kappa shape index (κ1) is 20.9. The summed E-state index contributed by atoms with van der Waals surface area (Å²) >= 11 is 0. The fourth-order valence-corrected chi connectivity index (χ4v) is 3.73. The third-order valence-electron chi connectivity index (χ3n) is 5.43. The number of benzene rings is 1. The van der Waals surface area contributed by atoms with Crippen molar-refractivity contribution < 1.29 is 4.79 Å². The Morgan fingerprint density at radius 3 is 2.68 bits per heavy atom. The Morgan fingerprint density at radius 2 is 1.84 bits per heavy atom. The Balaban J connectivity index is 1.34. The number of pyridine rings is 1. The molecule has 3 heterocycles. The molecule has 7 nitrogen and oxygen atoms in total. The molecule has 0 atom stereocenters. The summed E-state index contributed by atoms with van der Waals surface area (Å²) in [7, 11) is 0. The highest BCUT2D eigenvalue weighted by Crippen LogP contribution is 2.19. The third kappa shape index (κ3) is 6.08. The lowest BCUT2D eigenvalue weighted by molar-refractivity contribution is 0.0950. The van der Waals surface area contributed by atoms with Gasteiger partial charge in [-0.05, 0) is 68.2 Å². The maximum Gasteiger partial charge on any atom is 0.251 e. The number of aromatic nitrogens is 3. The van der Waals surface area contributed by atoms with Gasteiger partial charge in [-0.3, -0.25) is 9.78 Å². The smallest absolute Gasteiger partial charge is 0.251 e. The van der Waals surface area contributed by atoms with E-state index in [1.807, 2.05) is 42.5 Å². The maximum atomic E-state index is 12.6. The van der Waals surface area contributed by atoms with Crippen molar-refractivity contribution in [3.63, 3.8) is 0 Å². The molecule has 31 heavy (non-hydrogen) atoms. The first-order valence-corrected chi connectivity index (χ1v) is 10.8. The molecular formula is C24H28N6O. The molecule has 1 aliphatic rings. The molecule has 0 aliphatic carbocycles. The molecule has 1 amide bonds. The summed E-state index contributed by atoms with van der Waals surface area (Å²) in [6, 6.07) is 13.4. The molecule has 0 spiro atoms. The van der Waals surface area contributed by atoms with Crippen molar-refractivity contribution in [3.8, 4) is 11.3 Å². The molecule has 160 valence electrons. The number of nitrogens with zero attached hydrogens (tertiary/aromatic N) is 4. The predicted molar refractivity (Wildman–Crippen MR) is 122 cm³/mol. The third-order valence-corrected chi connectivity index (χ3v) is 5.43. The Kier molecular flexibility index (Phi) is 7.18. The zero-order valence-corrected chi connectivity index (χ0v) is 17.6. The quantitative estimate of drug-likeness (QED) is 0.558. The van der Waals surface area contributed by atoms with Gasteiger partial charge in [0.05, 0.1) is 5.69 Å². The van der Waals surface area contributed by atoms with E-state index in [1.54, 1.807) is 18.6 Å². The molecule has 4 rings (SSSR count). The summed E-state index contributed by atoms with van der Waals surface area (Å²) in [5.41, 5.74) is 3.53. The van der Waals surface area contributed by atoms with E-state index in [-0.39, 0.29) is 5.91 Å². The average molecular weight is 417 g/mol. The number of rotatable bonds is 9. The van der Waals surface area contributed by atoms with Crippen molar-refractivity contribution in [2.75, 3.05) is 38.0 Å². The van der Waals surface area contributed by atoms with Gasteiger partial charge in [-0.1, -0.05) is 12.1 Å². The van der Waals surface area contributed by atoms with Crippen molar-refractivity contribution in [3.05, 3.63) is 72.2 Å². The summed E-state index contributed by atoms with van der Waals surface area (Å²) in [4.78, 5) is 27.9. The molecule has 1 aromatic carbocycles. The summed E-state index contributed by atoms with van der Waals surface area (Å²) in [6.45, 7) is 4.58. The molecule has 1 aliphatic heterocycles. The second kappa shape index (κ2) is 10.6. The fraction of sp³-hybridized carbons (Fsp3) is 0.333. The van der Waals surface area contributed by atoms with E-state index < -0.39 is 0 Å². The lowest BCUT2D eigenvalue weighted by Gasteiger charge is -2.14. The summed E-state index contributed by atoms with van der Waals surface area (Å²) in [5.74, 6) is 0.526. The number of likely N-dealkylation sites (tertiary alicyclic amines) is 1. The van der Waals surface area contributed by atoms with Gasteiger partial charge in [-0.25, -0.2) is 9.97 Å². The number of hydrogen-bond acceptors (Lipinski definition) is 6. The number of anilines is 1. The fourth-order valence-electron chi connectivity index (χ4n) is 3.73. The van der Waals surface area contributed by atoms with Crippen LogP contribution in [0.25, 0.3) is 11.3 Å². The highest BCUT2D eigenvalue weighted by Gasteiger charge is 2.12. The summed E-state index contributed by atoms with van der Waals surface area (Å²) in [5, 5.41) is 6.30. The van der Waals surface area contributed by atoms with Crippen LogP contribution >= 0.6 is 0 Å². The highest BCUT2D eigenvalue weighted by atomic mass is 16.1. The number of carbonyl (C=O) groups is 1. The van der Waals surface area contributed by atoms with Crippen molar-refractivity contribution in [1.82, 2.24) is 25.2 Å². The van der Waals surface area contributed by atoms with Crippen LogP contribution in [0.2, 0.25) is 0 Å². The molecule has 2 aromatic heterocycles. The minimum atomic E-state index is -0.0502. The standard InChI is InChI=1S/C24H28N6O/c31-23(26-14-17-30-15-1-2-16-30)21-5-3-4-20(18-21)22-9-13-28-24(29-22)27-12-8-19-6-10-25-11-7-19/h3-7,9-11,13,18H,1-2,8,12,14-17H2,(H,26,31)(H,27,28,29). The zero-order chi connectivity index (χ0) is 21.3. The van der Waals surface area contributed by atoms with Gasteiger partial charge in [0.1, 0.15) is 0 Å². The molecule has 1 fully saturated rings. The van der Waals surface area contributed by atoms with Crippen LogP contribution in [0.1, 0.15) is 28.8 Å². The van der Waals surface area contributed by atoms with Gasteiger partial charge >= 0.3 is 0 Å². The van der Waals surface area contributed by atoms with Crippen molar-refractivity contribution in [2.45, 2.75) is 19.3 Å². The Hall–Kier alpha value is -3.32. The predicted octanol–water partition coefficient (Wildman–Crippen LogP) is 3.02. The minimum absolute atomic E-state index is 0.0502. The summed E-state index contributed by atoms with van der Waals surface area (Å²) in [6.07, 6.45) is 8.71. The lowest BCUT2D eigenvalue weighted by atomic mass is 10.1. The van der Waals surface area contributed by atoms with Crippen LogP contribution in [0, 0.1) is 0 Å². The Bertz CT molecular complexity index is 988. The van der Waals surface area contributed by atoms with Gasteiger partial charge in [0, 0.05) is 49.4 Å². The normalized spacial score (nSPS) is 13.8. The SMILES string of the molecule is O=C(NCCN1CCCC1)c1cccc(-c2ccnc(NCCc3ccncc3)n2)c1. The van der Waals surface area contributed by atoms with E-state index in [1.165, 1.54) is 18.4 Å². The van der Waals surface area contributed by atoms with Gasteiger partial charge in [0.15, 0.2) is 0 Å². The van der Waals surface area contributed by atoms with Crippen LogP contribution in [-0.2, 0) is 6.42 Å². The van der Waals surface area contributed by atoms with Crippen LogP contribution in [0.5, 0.6) is 0 Å². The molecule has 0 radical (unpaired) electrons. The number of nitrogens with one attached hydrogen (secondary N) is 2. The van der Waals surface area contributed by atoms with Gasteiger partial charge in [-0.15, -0.1) is 0 Å². The Morgan fingerprint density at radius 1 is 1.00 bits per heavy atom. The largest absolute Gasteiger partial charge is 0.354 e. The van der Waals surface area contributed by atoms with Crippen LogP contribution in [0.15, 0.2) is 61.1 Å². The molecule has 1 saturated heterocycles. The van der Waals surface area contributed by atoms with Crippen molar-refractivity contribution >= 4 is 11.9 Å². The van der Waals surface area contributed by atoms with Crippen molar-refractivity contribution in [1.29, 1.82) is 0 Å². The van der Waals surface area contributed by atoms with Gasteiger partial charge in [0.25, 0.3) is 5.91 Å². The van der Waals surface area contributed by atoms with Gasteiger partial charge in [-0.2, -0.15) is 0 Å². The van der Waals surface area contributed by atoms with Crippen LogP contribution in [0.3, 0.4) is 0 Å². The van der Waals surface area contributed by atoms with Crippen LogP contribution in [0.4, 0.5) is 5.95 Å². The number of hydrogen-bond donors (Lipinski definition) is 2. The topological polar surface area (TPSA) is 83.0 Å². The molecule has 7 heteroatoms. The van der Waals surface area contributed by atoms with Gasteiger partial charge in [0.2, 0.25) is 5.95 Å². The monoisotopic (exact) mass is 416 g/mol. The molecule has 0 unspecified atom stereocenters. The Labute approximate surface area is 183 Å². The minimum Gasteiger partial charge on any atom is -0.354 e. The maximum absolute atomic E-state index is 12.6.